The molecule has 2 bridgehead atoms. The maximum Gasteiger partial charge on any atom is 0.509 e. The number of rotatable bonds is 10. The van der Waals surface area contributed by atoms with Gasteiger partial charge in [-0.05, 0) is 49.6 Å². The molecule has 65 heavy (non-hydrogen) atoms. The number of urea groups is 1. The molecule has 3 amide bonds. The summed E-state index contributed by atoms with van der Waals surface area (Å²) < 4.78 is 44.3. The van der Waals surface area contributed by atoms with Crippen LogP contribution in [-0.4, -0.2) is 154 Å². The van der Waals surface area contributed by atoms with Crippen molar-refractivity contribution in [2.45, 2.75) is 106 Å². The Morgan fingerprint density at radius 2 is 1.54 bits per heavy atom. The molecule has 0 radical (unpaired) electrons. The number of hydrogen-bond donors (Lipinski definition) is 2. The first-order valence-corrected chi connectivity index (χ1v) is 21.5. The molecule has 2 aromatic rings. The maximum absolute atomic E-state index is 16.3. The second kappa shape index (κ2) is 15.7. The fourth-order valence-corrected chi connectivity index (χ4v) is 12.5. The Bertz CT molecular complexity index is 2380. The standard InChI is InChI=1S/C46H54BN3O15/c1-23-29-33(62-40(57)50(8)9)34(53)43(5)27(59-10)21-28-44(22-60-28)46(43,47(44)24(2)51)38(64-36(54)26-19-15-12-16-20-26)45(42(29,3)4)35(63-41(58)65-45)32(23)61-37(55)31(52)30(48-39(56)49(6)7)25-17-13-11-14-18-25/h11-20,27-28,30-33,35,38,52H,21-22H2,1-10H3,(H,48,56)/t27-,28+,30-,31+,32+,33+,35-,38+,43-,44-,45+,46+/m0/s1. The molecule has 2 N–H and O–H groups in total. The van der Waals surface area contributed by atoms with Crippen molar-refractivity contribution in [2.24, 2.45) is 10.8 Å². The highest BCUT2D eigenvalue weighted by Gasteiger charge is 3.01. The molecule has 3 heterocycles. The number of fused-ring (bicyclic) bond motifs is 1. The van der Waals surface area contributed by atoms with Crippen LogP contribution in [-0.2, 0) is 47.5 Å². The molecule has 3 saturated heterocycles. The molecule has 8 rings (SSSR count). The van der Waals surface area contributed by atoms with Crippen LogP contribution in [0, 0.1) is 10.8 Å². The minimum Gasteiger partial charge on any atom is -0.454 e. The summed E-state index contributed by atoms with van der Waals surface area (Å²) >= 11 is 0. The number of methoxy groups -OCH3 is 1. The van der Waals surface area contributed by atoms with Gasteiger partial charge >= 0.3 is 30.2 Å². The number of hydrogen-bond acceptors (Lipinski definition) is 15. The molecule has 18 nitrogen and oxygen atoms in total. The molecule has 0 aromatic heterocycles. The van der Waals surface area contributed by atoms with Crippen LogP contribution >= 0.6 is 0 Å². The highest BCUT2D eigenvalue weighted by molar-refractivity contribution is 7.04. The lowest BCUT2D eigenvalue weighted by Crippen LogP contribution is -2.76. The molecule has 3 aliphatic heterocycles. The van der Waals surface area contributed by atoms with Gasteiger partial charge in [0.1, 0.15) is 6.10 Å². The molecule has 12 atom stereocenters. The average molecular weight is 900 g/mol. The van der Waals surface area contributed by atoms with E-state index < -0.39 is 119 Å². The second-order valence-electron chi connectivity index (χ2n) is 19.0. The number of benzene rings is 2. The topological polar surface area (TPSA) is 223 Å². The number of aliphatic hydroxyl groups is 1. The fourth-order valence-electron chi connectivity index (χ4n) is 12.5. The van der Waals surface area contributed by atoms with Gasteiger partial charge in [0.25, 0.3) is 0 Å². The smallest absolute Gasteiger partial charge is 0.454 e. The Balaban J connectivity index is 1.40. The third-order valence-electron chi connectivity index (χ3n) is 15.3. The summed E-state index contributed by atoms with van der Waals surface area (Å²) in [5.74, 6) is -2.91. The van der Waals surface area contributed by atoms with Crippen LogP contribution in [0.3, 0.4) is 0 Å². The van der Waals surface area contributed by atoms with Crippen molar-refractivity contribution >= 4 is 48.4 Å². The molecule has 346 valence electrons. The molecule has 5 fully saturated rings. The molecule has 2 saturated carbocycles. The van der Waals surface area contributed by atoms with E-state index in [9.17, 15) is 33.9 Å². The summed E-state index contributed by atoms with van der Waals surface area (Å²) in [6, 6.07) is 14.2. The van der Waals surface area contributed by atoms with Crippen LogP contribution < -0.4 is 5.32 Å². The maximum atomic E-state index is 16.3. The quantitative estimate of drug-likeness (QED) is 0.150. The normalized spacial score (nSPS) is 34.4. The number of nitrogens with one attached hydrogen (secondary N) is 1. The predicted molar refractivity (Wildman–Crippen MR) is 228 cm³/mol. The van der Waals surface area contributed by atoms with Gasteiger partial charge < -0.3 is 58.2 Å². The van der Waals surface area contributed by atoms with Gasteiger partial charge in [0.2, 0.25) is 12.3 Å². The number of amides is 3. The number of ether oxygens (including phenoxy) is 7. The molecular formula is C46H54BN3O15. The number of carbonyl (C=O) groups is 7. The van der Waals surface area contributed by atoms with Crippen molar-refractivity contribution in [1.29, 1.82) is 0 Å². The highest BCUT2D eigenvalue weighted by Crippen LogP contribution is 2.93. The van der Waals surface area contributed by atoms with Crippen molar-refractivity contribution in [3.63, 3.8) is 0 Å². The van der Waals surface area contributed by atoms with Crippen molar-refractivity contribution in [3.8, 4) is 0 Å². The highest BCUT2D eigenvalue weighted by atomic mass is 16.8. The molecule has 19 heteroatoms. The molecule has 3 aliphatic carbocycles. The Kier molecular flexibility index (Phi) is 11.0. The Labute approximate surface area is 376 Å². The van der Waals surface area contributed by atoms with Gasteiger partial charge in [-0.15, -0.1) is 0 Å². The zero-order valence-electron chi connectivity index (χ0n) is 37.9. The molecule has 3 spiro atoms. The number of carbonyl (C=O) groups excluding carboxylic acids is 7. The van der Waals surface area contributed by atoms with E-state index in [0.717, 1.165) is 4.90 Å². The van der Waals surface area contributed by atoms with Gasteiger partial charge in [-0.25, -0.2) is 24.0 Å². The molecule has 2 aromatic carbocycles. The van der Waals surface area contributed by atoms with Gasteiger partial charge in [-0.3, -0.25) is 4.79 Å². The van der Waals surface area contributed by atoms with Gasteiger partial charge in [0, 0.05) is 64.4 Å². The van der Waals surface area contributed by atoms with Crippen molar-refractivity contribution in [2.75, 3.05) is 41.9 Å². The van der Waals surface area contributed by atoms with Crippen molar-refractivity contribution in [1.82, 2.24) is 15.1 Å². The lowest BCUT2D eigenvalue weighted by atomic mass is 9.40. The van der Waals surface area contributed by atoms with Crippen molar-refractivity contribution < 1.29 is 71.8 Å². The van der Waals surface area contributed by atoms with E-state index in [1.807, 2.05) is 0 Å². The van der Waals surface area contributed by atoms with Gasteiger partial charge in [0.15, 0.2) is 30.2 Å². The van der Waals surface area contributed by atoms with E-state index in [1.54, 1.807) is 69.3 Å². The van der Waals surface area contributed by atoms with E-state index >= 15 is 4.79 Å². The first kappa shape index (κ1) is 45.8. The third kappa shape index (κ3) is 6.06. The van der Waals surface area contributed by atoms with Crippen LogP contribution in [0.15, 0.2) is 71.8 Å². The Morgan fingerprint density at radius 3 is 2.09 bits per heavy atom. The average Bonchev–Trinajstić information content (AvgIpc) is 3.82. The molecule has 0 unspecified atom stereocenters. The van der Waals surface area contributed by atoms with Crippen LogP contribution in [0.25, 0.3) is 0 Å². The predicted octanol–water partition coefficient (Wildman–Crippen LogP) is 3.72. The van der Waals surface area contributed by atoms with E-state index in [4.69, 9.17) is 33.2 Å². The number of aliphatic hydroxyl groups excluding tert-OH is 1. The summed E-state index contributed by atoms with van der Waals surface area (Å²) in [4.78, 5) is 103. The summed E-state index contributed by atoms with van der Waals surface area (Å²) in [6.07, 6.45) is -13.0. The summed E-state index contributed by atoms with van der Waals surface area (Å²) in [5, 5.41) is 11.5. The first-order valence-electron chi connectivity index (χ1n) is 21.5. The van der Waals surface area contributed by atoms with Gasteiger partial charge in [-0.1, -0.05) is 62.4 Å². The minimum absolute atomic E-state index is 0.0211. The number of esters is 2. The van der Waals surface area contributed by atoms with Gasteiger partial charge in [-0.2, -0.15) is 0 Å². The Morgan fingerprint density at radius 1 is 0.908 bits per heavy atom. The minimum atomic E-state index is -2.30. The SMILES string of the molecule is CO[C@H]1C[C@H]2OC[C@]23B(C(C)=O)[C@@]32[C@H](OC(=O)c3ccccc3)[C@]34OC(=O)O[C@H]3[C@H](OC(=O)[C@H](O)[C@@H](NC(=O)N(C)C)c3ccccc3)C(C)=C([C@@H](OC(=O)N(C)C)C(=O)[C@]12C)C4(C)C. The summed E-state index contributed by atoms with van der Waals surface area (Å²) in [7, 11) is 7.21. The first-order chi connectivity index (χ1) is 30.6. The number of Topliss-reactive ketones (excluding diaryl/α,β-unsaturated/α-hetero) is 1. The zero-order valence-corrected chi connectivity index (χ0v) is 37.9. The van der Waals surface area contributed by atoms with E-state index in [0.29, 0.717) is 5.56 Å². The number of nitrogens with zero attached hydrogens (tertiary/aromatic N) is 2. The second-order valence-corrected chi connectivity index (χ2v) is 19.0. The third-order valence-corrected chi connectivity index (χ3v) is 15.3. The lowest BCUT2D eigenvalue weighted by Gasteiger charge is -2.65. The fraction of sp³-hybridized carbons (Fsp3) is 0.543. The zero-order chi connectivity index (χ0) is 47.3. The monoisotopic (exact) mass is 899 g/mol. The molecule has 6 aliphatic rings. The van der Waals surface area contributed by atoms with E-state index in [1.165, 1.54) is 66.2 Å². The largest absolute Gasteiger partial charge is 0.509 e. The summed E-state index contributed by atoms with van der Waals surface area (Å²) in [5.41, 5.74) is -5.73. The van der Waals surface area contributed by atoms with Crippen LogP contribution in [0.4, 0.5) is 14.4 Å². The van der Waals surface area contributed by atoms with Gasteiger partial charge in [0.05, 0.1) is 34.9 Å². The van der Waals surface area contributed by atoms with E-state index in [-0.39, 0.29) is 35.4 Å². The van der Waals surface area contributed by atoms with Crippen LogP contribution in [0.1, 0.15) is 63.0 Å². The Hall–Kier alpha value is -5.79. The van der Waals surface area contributed by atoms with Crippen LogP contribution in [0.5, 0.6) is 0 Å². The summed E-state index contributed by atoms with van der Waals surface area (Å²) in [6.45, 7) is 6.56. The number of ketones is 1. The molecular weight excluding hydrogens is 845 g/mol. The van der Waals surface area contributed by atoms with Crippen molar-refractivity contribution in [3.05, 3.63) is 82.9 Å². The lowest BCUT2D eigenvalue weighted by molar-refractivity contribution is -0.245. The van der Waals surface area contributed by atoms with E-state index in [2.05, 4.69) is 5.32 Å². The van der Waals surface area contributed by atoms with Crippen LogP contribution in [0.2, 0.25) is 10.6 Å².